The van der Waals surface area contributed by atoms with E-state index >= 15 is 0 Å². The van der Waals surface area contributed by atoms with Crippen LogP contribution in [-0.2, 0) is 4.79 Å². The van der Waals surface area contributed by atoms with Crippen LogP contribution in [0.5, 0.6) is 0 Å². The van der Waals surface area contributed by atoms with Gasteiger partial charge in [-0.2, -0.15) is 0 Å². The van der Waals surface area contributed by atoms with E-state index in [1.807, 2.05) is 13.8 Å². The summed E-state index contributed by atoms with van der Waals surface area (Å²) in [6.45, 7) is 3.73. The van der Waals surface area contributed by atoms with Gasteiger partial charge in [0.1, 0.15) is 5.82 Å². The number of hydrogen-bond donors (Lipinski definition) is 2. The van der Waals surface area contributed by atoms with Crippen molar-refractivity contribution in [3.05, 3.63) is 12.1 Å². The van der Waals surface area contributed by atoms with Crippen LogP contribution in [0.1, 0.15) is 20.3 Å². The molecular weight excluding hydrogens is 222 g/mol. The van der Waals surface area contributed by atoms with Crippen molar-refractivity contribution in [2.24, 2.45) is 5.73 Å². The highest BCUT2D eigenvalue weighted by Crippen LogP contribution is 2.15. The smallest absolute Gasteiger partial charge is 0.219 e. The third-order valence-corrected chi connectivity index (χ3v) is 2.15. The summed E-state index contributed by atoms with van der Waals surface area (Å²) in [5.74, 6) is 0.210. The Morgan fingerprint density at radius 2 is 2.29 bits per heavy atom. The molecule has 17 heavy (non-hydrogen) atoms. The van der Waals surface area contributed by atoms with Crippen LogP contribution in [0, 0.1) is 0 Å². The fourth-order valence-electron chi connectivity index (χ4n) is 1.54. The Labute approximate surface area is 97.2 Å². The van der Waals surface area contributed by atoms with Crippen LogP contribution in [0.2, 0.25) is 0 Å². The number of hydrogen-bond acceptors (Lipinski definition) is 6. The maximum Gasteiger partial charge on any atom is 0.219 e. The third kappa shape index (κ3) is 2.65. The Kier molecular flexibility index (Phi) is 2.62. The zero-order valence-electron chi connectivity index (χ0n) is 9.58. The van der Waals surface area contributed by atoms with Gasteiger partial charge in [-0.3, -0.25) is 4.79 Å². The molecule has 8 heteroatoms. The normalized spacial score (nSPS) is 11.6. The van der Waals surface area contributed by atoms with Crippen LogP contribution in [0.25, 0.3) is 5.65 Å². The second kappa shape index (κ2) is 3.96. The molecule has 2 aromatic heterocycles. The molecule has 0 aliphatic carbocycles. The Hall–Kier alpha value is -2.25. The highest BCUT2D eigenvalue weighted by Gasteiger charge is 2.21. The lowest BCUT2D eigenvalue weighted by Crippen LogP contribution is -2.36. The van der Waals surface area contributed by atoms with Crippen LogP contribution < -0.4 is 11.1 Å². The predicted octanol–water partition coefficient (Wildman–Crippen LogP) is -0.415. The molecule has 0 spiro atoms. The van der Waals surface area contributed by atoms with Gasteiger partial charge in [-0.1, -0.05) is 0 Å². The highest BCUT2D eigenvalue weighted by atomic mass is 16.1. The number of primary amides is 1. The summed E-state index contributed by atoms with van der Waals surface area (Å²) >= 11 is 0. The molecule has 0 aromatic carbocycles. The molecule has 8 nitrogen and oxygen atoms in total. The van der Waals surface area contributed by atoms with Crippen molar-refractivity contribution < 1.29 is 4.79 Å². The Morgan fingerprint density at radius 3 is 3.00 bits per heavy atom. The molecule has 0 bridgehead atoms. The summed E-state index contributed by atoms with van der Waals surface area (Å²) in [6, 6.07) is 3.48. The molecule has 0 unspecified atom stereocenters. The molecule has 0 saturated heterocycles. The van der Waals surface area contributed by atoms with Gasteiger partial charge in [0.25, 0.3) is 0 Å². The average Bonchev–Trinajstić information content (AvgIpc) is 2.61. The summed E-state index contributed by atoms with van der Waals surface area (Å²) in [4.78, 5) is 10.9. The first-order valence-electron chi connectivity index (χ1n) is 5.08. The minimum Gasteiger partial charge on any atom is -0.370 e. The molecule has 0 aliphatic rings. The van der Waals surface area contributed by atoms with Gasteiger partial charge in [0, 0.05) is 12.0 Å². The lowest BCUT2D eigenvalue weighted by Gasteiger charge is -2.24. The van der Waals surface area contributed by atoms with E-state index in [-0.39, 0.29) is 12.3 Å². The standard InChI is InChI=1S/C9H13N7O/c1-9(2,5-6(10)17)11-7-3-4-8-12-14-15-16(8)13-7/h3-4H,5H2,1-2H3,(H2,10,17)(H,11,13). The summed E-state index contributed by atoms with van der Waals surface area (Å²) in [5.41, 5.74) is 5.26. The summed E-state index contributed by atoms with van der Waals surface area (Å²) in [7, 11) is 0. The van der Waals surface area contributed by atoms with Crippen molar-refractivity contribution in [3.8, 4) is 0 Å². The quantitative estimate of drug-likeness (QED) is 0.744. The Morgan fingerprint density at radius 1 is 1.53 bits per heavy atom. The van der Waals surface area contributed by atoms with Crippen molar-refractivity contribution in [1.29, 1.82) is 0 Å². The van der Waals surface area contributed by atoms with E-state index in [1.54, 1.807) is 12.1 Å². The van der Waals surface area contributed by atoms with Crippen LogP contribution in [0.15, 0.2) is 12.1 Å². The zero-order chi connectivity index (χ0) is 12.5. The monoisotopic (exact) mass is 235 g/mol. The third-order valence-electron chi connectivity index (χ3n) is 2.15. The van der Waals surface area contributed by atoms with Crippen LogP contribution in [0.3, 0.4) is 0 Å². The topological polar surface area (TPSA) is 111 Å². The minimum atomic E-state index is -0.472. The Balaban J connectivity index is 2.19. The predicted molar refractivity (Wildman–Crippen MR) is 60.1 cm³/mol. The van der Waals surface area contributed by atoms with Crippen LogP contribution in [0.4, 0.5) is 5.82 Å². The maximum atomic E-state index is 10.9. The number of nitrogens with one attached hydrogen (secondary N) is 1. The number of carbonyl (C=O) groups is 1. The molecule has 2 rings (SSSR count). The van der Waals surface area contributed by atoms with E-state index in [9.17, 15) is 4.79 Å². The maximum absolute atomic E-state index is 10.9. The van der Waals surface area contributed by atoms with Gasteiger partial charge < -0.3 is 11.1 Å². The molecule has 0 fully saturated rings. The van der Waals surface area contributed by atoms with Gasteiger partial charge in [-0.25, -0.2) is 0 Å². The molecule has 0 saturated carbocycles. The van der Waals surface area contributed by atoms with Gasteiger partial charge in [0.05, 0.1) is 0 Å². The van der Waals surface area contributed by atoms with E-state index in [0.717, 1.165) is 0 Å². The number of fused-ring (bicyclic) bond motifs is 1. The lowest BCUT2D eigenvalue weighted by atomic mass is 10.0. The second-order valence-electron chi connectivity index (χ2n) is 4.40. The number of amides is 1. The van der Waals surface area contributed by atoms with Crippen molar-refractivity contribution in [2.75, 3.05) is 5.32 Å². The molecule has 0 atom stereocenters. The second-order valence-corrected chi connectivity index (χ2v) is 4.40. The fraction of sp³-hybridized carbons (Fsp3) is 0.444. The first-order chi connectivity index (χ1) is 7.96. The van der Waals surface area contributed by atoms with E-state index in [1.165, 1.54) is 4.63 Å². The van der Waals surface area contributed by atoms with Crippen molar-refractivity contribution in [2.45, 2.75) is 25.8 Å². The van der Waals surface area contributed by atoms with Crippen LogP contribution in [-0.4, -0.2) is 36.7 Å². The van der Waals surface area contributed by atoms with Crippen molar-refractivity contribution >= 4 is 17.4 Å². The number of nitrogens with two attached hydrogens (primary N) is 1. The van der Waals surface area contributed by atoms with E-state index in [0.29, 0.717) is 11.5 Å². The zero-order valence-corrected chi connectivity index (χ0v) is 9.58. The molecule has 1 amide bonds. The number of aromatic nitrogens is 5. The van der Waals surface area contributed by atoms with Crippen LogP contribution >= 0.6 is 0 Å². The SMILES string of the molecule is CC(C)(CC(N)=O)Nc1ccc2nnnn2n1. The van der Waals surface area contributed by atoms with Crippen molar-refractivity contribution in [1.82, 2.24) is 25.3 Å². The number of nitrogens with zero attached hydrogens (tertiary/aromatic N) is 5. The molecule has 0 radical (unpaired) electrons. The largest absolute Gasteiger partial charge is 0.370 e. The summed E-state index contributed by atoms with van der Waals surface area (Å²) in [6.07, 6.45) is 0.211. The summed E-state index contributed by atoms with van der Waals surface area (Å²) in [5, 5.41) is 18.2. The molecular formula is C9H13N7O. The van der Waals surface area contributed by atoms with Gasteiger partial charge >= 0.3 is 0 Å². The van der Waals surface area contributed by atoms with Gasteiger partial charge in [-0.05, 0) is 36.4 Å². The first kappa shape index (κ1) is 11.2. The average molecular weight is 235 g/mol. The Bertz CT molecular complexity index is 547. The first-order valence-corrected chi connectivity index (χ1v) is 5.08. The molecule has 2 heterocycles. The van der Waals surface area contributed by atoms with E-state index < -0.39 is 5.54 Å². The minimum absolute atomic E-state index is 0.211. The molecule has 0 aliphatic heterocycles. The van der Waals surface area contributed by atoms with E-state index in [4.69, 9.17) is 5.73 Å². The van der Waals surface area contributed by atoms with Gasteiger partial charge in [-0.15, -0.1) is 14.8 Å². The lowest BCUT2D eigenvalue weighted by molar-refractivity contribution is -0.118. The highest BCUT2D eigenvalue weighted by molar-refractivity contribution is 5.75. The number of carbonyl (C=O) groups excluding carboxylic acids is 1. The molecule has 90 valence electrons. The molecule has 2 aromatic rings. The number of anilines is 1. The molecule has 3 N–H and O–H groups in total. The van der Waals surface area contributed by atoms with Gasteiger partial charge in [0.2, 0.25) is 5.91 Å². The number of rotatable bonds is 4. The summed E-state index contributed by atoms with van der Waals surface area (Å²) < 4.78 is 1.31. The fourth-order valence-corrected chi connectivity index (χ4v) is 1.54. The van der Waals surface area contributed by atoms with Gasteiger partial charge in [0.15, 0.2) is 5.65 Å². The number of tetrazole rings is 1. The van der Waals surface area contributed by atoms with E-state index in [2.05, 4.69) is 25.9 Å². The van der Waals surface area contributed by atoms with Crippen molar-refractivity contribution in [3.63, 3.8) is 0 Å².